The molecule has 20 heavy (non-hydrogen) atoms. The number of aromatic nitrogens is 1. The summed E-state index contributed by atoms with van der Waals surface area (Å²) in [6.45, 7) is 8.47. The van der Waals surface area contributed by atoms with Gasteiger partial charge in [-0.25, -0.2) is 4.98 Å². The Hall–Kier alpha value is -0.650. The van der Waals surface area contributed by atoms with Crippen LogP contribution < -0.4 is 10.2 Å². The van der Waals surface area contributed by atoms with Gasteiger partial charge in [0.2, 0.25) is 0 Å². The molecular formula is C15H27N3OS. The van der Waals surface area contributed by atoms with Crippen LogP contribution in [0.3, 0.4) is 0 Å². The van der Waals surface area contributed by atoms with E-state index in [0.29, 0.717) is 12.0 Å². The maximum atomic E-state index is 5.27. The van der Waals surface area contributed by atoms with Crippen molar-refractivity contribution < 1.29 is 4.74 Å². The van der Waals surface area contributed by atoms with Gasteiger partial charge >= 0.3 is 0 Å². The summed E-state index contributed by atoms with van der Waals surface area (Å²) in [5, 5.41) is 4.39. The smallest absolute Gasteiger partial charge is 0.185 e. The molecule has 0 saturated carbocycles. The third kappa shape index (κ3) is 3.93. The molecule has 0 unspecified atom stereocenters. The Morgan fingerprint density at radius 1 is 1.35 bits per heavy atom. The summed E-state index contributed by atoms with van der Waals surface area (Å²) < 4.78 is 5.27. The summed E-state index contributed by atoms with van der Waals surface area (Å²) in [4.78, 5) is 8.57. The molecule has 4 nitrogen and oxygen atoms in total. The maximum absolute atomic E-state index is 5.27. The SMILES string of the molecule is CNCc1sc(N2CCCC(C)(C)CC2)nc1COC. The fourth-order valence-electron chi connectivity index (χ4n) is 2.67. The highest BCUT2D eigenvalue weighted by Crippen LogP contribution is 2.34. The Balaban J connectivity index is 2.13. The number of hydrogen-bond donors (Lipinski definition) is 1. The molecule has 2 heterocycles. The second-order valence-electron chi connectivity index (χ2n) is 6.33. The maximum Gasteiger partial charge on any atom is 0.185 e. The minimum absolute atomic E-state index is 0.467. The van der Waals surface area contributed by atoms with Crippen molar-refractivity contribution in [3.8, 4) is 0 Å². The van der Waals surface area contributed by atoms with Gasteiger partial charge < -0.3 is 15.0 Å². The predicted molar refractivity (Wildman–Crippen MR) is 85.4 cm³/mol. The van der Waals surface area contributed by atoms with Gasteiger partial charge in [-0.15, -0.1) is 11.3 Å². The standard InChI is InChI=1S/C15H27N3OS/c1-15(2)6-5-8-18(9-7-15)14-17-12(11-19-4)13(20-14)10-16-3/h16H,5-11H2,1-4H3. The second kappa shape index (κ2) is 6.87. The molecule has 1 saturated heterocycles. The van der Waals surface area contributed by atoms with Gasteiger partial charge in [0.1, 0.15) is 0 Å². The Labute approximate surface area is 126 Å². The van der Waals surface area contributed by atoms with Crippen LogP contribution in [0.5, 0.6) is 0 Å². The summed E-state index contributed by atoms with van der Waals surface area (Å²) in [5.41, 5.74) is 1.56. The molecule has 1 aliphatic heterocycles. The van der Waals surface area contributed by atoms with E-state index in [4.69, 9.17) is 9.72 Å². The minimum atomic E-state index is 0.467. The molecule has 114 valence electrons. The van der Waals surface area contributed by atoms with Gasteiger partial charge in [0, 0.05) is 31.6 Å². The number of anilines is 1. The number of methoxy groups -OCH3 is 1. The molecule has 0 radical (unpaired) electrons. The predicted octanol–water partition coefficient (Wildman–Crippen LogP) is 3.03. The Morgan fingerprint density at radius 3 is 2.85 bits per heavy atom. The van der Waals surface area contributed by atoms with E-state index in [0.717, 1.165) is 25.3 Å². The van der Waals surface area contributed by atoms with Crippen LogP contribution in [0.4, 0.5) is 5.13 Å². The van der Waals surface area contributed by atoms with Crippen LogP contribution in [0, 0.1) is 5.41 Å². The van der Waals surface area contributed by atoms with E-state index < -0.39 is 0 Å². The van der Waals surface area contributed by atoms with Gasteiger partial charge in [0.15, 0.2) is 5.13 Å². The lowest BCUT2D eigenvalue weighted by Crippen LogP contribution is -2.24. The monoisotopic (exact) mass is 297 g/mol. The van der Waals surface area contributed by atoms with Gasteiger partial charge in [-0.2, -0.15) is 0 Å². The van der Waals surface area contributed by atoms with E-state index >= 15 is 0 Å². The Kier molecular flexibility index (Phi) is 5.41. The zero-order valence-electron chi connectivity index (χ0n) is 13.2. The molecule has 0 aliphatic carbocycles. The van der Waals surface area contributed by atoms with Crippen LogP contribution in [0.2, 0.25) is 0 Å². The van der Waals surface area contributed by atoms with Gasteiger partial charge in [0.05, 0.1) is 12.3 Å². The lowest BCUT2D eigenvalue weighted by atomic mass is 9.85. The van der Waals surface area contributed by atoms with Crippen molar-refractivity contribution in [1.82, 2.24) is 10.3 Å². The van der Waals surface area contributed by atoms with Crippen LogP contribution in [-0.2, 0) is 17.9 Å². The molecule has 1 aromatic heterocycles. The van der Waals surface area contributed by atoms with E-state index in [1.54, 1.807) is 7.11 Å². The third-order valence-corrected chi connectivity index (χ3v) is 5.15. The molecule has 0 spiro atoms. The number of ether oxygens (including phenoxy) is 1. The number of nitrogens with one attached hydrogen (secondary N) is 1. The number of rotatable bonds is 5. The highest BCUT2D eigenvalue weighted by atomic mass is 32.1. The molecule has 0 aromatic carbocycles. The number of nitrogens with zero attached hydrogens (tertiary/aromatic N) is 2. The topological polar surface area (TPSA) is 37.4 Å². The Morgan fingerprint density at radius 2 is 2.15 bits per heavy atom. The summed E-state index contributed by atoms with van der Waals surface area (Å²) in [6.07, 6.45) is 3.81. The van der Waals surface area contributed by atoms with Crippen molar-refractivity contribution in [2.24, 2.45) is 5.41 Å². The zero-order valence-corrected chi connectivity index (χ0v) is 14.0. The molecule has 1 aliphatic rings. The van der Waals surface area contributed by atoms with Crippen LogP contribution in [0.15, 0.2) is 0 Å². The fourth-order valence-corrected chi connectivity index (χ4v) is 3.79. The van der Waals surface area contributed by atoms with Crippen molar-refractivity contribution in [1.29, 1.82) is 0 Å². The third-order valence-electron chi connectivity index (χ3n) is 4.00. The molecule has 1 fully saturated rings. The summed E-state index contributed by atoms with van der Waals surface area (Å²) in [7, 11) is 3.71. The van der Waals surface area contributed by atoms with Crippen LogP contribution in [0.1, 0.15) is 43.7 Å². The highest BCUT2D eigenvalue weighted by molar-refractivity contribution is 7.15. The van der Waals surface area contributed by atoms with E-state index in [2.05, 4.69) is 24.1 Å². The molecular weight excluding hydrogens is 270 g/mol. The van der Waals surface area contributed by atoms with Gasteiger partial charge in [0.25, 0.3) is 0 Å². The van der Waals surface area contributed by atoms with E-state index in [1.807, 2.05) is 18.4 Å². The van der Waals surface area contributed by atoms with Crippen LogP contribution in [0.25, 0.3) is 0 Å². The van der Waals surface area contributed by atoms with Crippen molar-refractivity contribution >= 4 is 16.5 Å². The van der Waals surface area contributed by atoms with E-state index in [1.165, 1.54) is 29.3 Å². The average Bonchev–Trinajstić information content (AvgIpc) is 2.68. The molecule has 0 bridgehead atoms. The average molecular weight is 297 g/mol. The van der Waals surface area contributed by atoms with Crippen molar-refractivity contribution in [2.45, 2.75) is 46.3 Å². The first-order valence-electron chi connectivity index (χ1n) is 7.43. The van der Waals surface area contributed by atoms with Gasteiger partial charge in [-0.05, 0) is 31.7 Å². The molecule has 1 aromatic rings. The normalized spacial score (nSPS) is 19.1. The van der Waals surface area contributed by atoms with E-state index in [-0.39, 0.29) is 0 Å². The van der Waals surface area contributed by atoms with Crippen molar-refractivity contribution in [3.05, 3.63) is 10.6 Å². The molecule has 1 N–H and O–H groups in total. The summed E-state index contributed by atoms with van der Waals surface area (Å²) in [6, 6.07) is 0. The second-order valence-corrected chi connectivity index (χ2v) is 7.40. The Bertz CT molecular complexity index is 407. The lowest BCUT2D eigenvalue weighted by Gasteiger charge is -2.22. The lowest BCUT2D eigenvalue weighted by molar-refractivity contribution is 0.181. The first-order valence-corrected chi connectivity index (χ1v) is 8.24. The van der Waals surface area contributed by atoms with Crippen molar-refractivity contribution in [2.75, 3.05) is 32.1 Å². The molecule has 2 rings (SSSR count). The minimum Gasteiger partial charge on any atom is -0.378 e. The van der Waals surface area contributed by atoms with Gasteiger partial charge in [-0.3, -0.25) is 0 Å². The fraction of sp³-hybridized carbons (Fsp3) is 0.800. The quantitative estimate of drug-likeness (QED) is 0.906. The first kappa shape index (κ1) is 15.7. The number of thiazole rings is 1. The zero-order chi connectivity index (χ0) is 14.6. The molecule has 0 amide bonds. The van der Waals surface area contributed by atoms with Crippen LogP contribution in [-0.4, -0.2) is 32.2 Å². The summed E-state index contributed by atoms with van der Waals surface area (Å²) >= 11 is 1.81. The van der Waals surface area contributed by atoms with Gasteiger partial charge in [-0.1, -0.05) is 13.8 Å². The largest absolute Gasteiger partial charge is 0.378 e. The van der Waals surface area contributed by atoms with Crippen LogP contribution >= 0.6 is 11.3 Å². The first-order chi connectivity index (χ1) is 9.55. The van der Waals surface area contributed by atoms with E-state index in [9.17, 15) is 0 Å². The highest BCUT2D eigenvalue weighted by Gasteiger charge is 2.25. The summed E-state index contributed by atoms with van der Waals surface area (Å²) in [5.74, 6) is 0. The molecule has 5 heteroatoms. The molecule has 0 atom stereocenters. The number of hydrogen-bond acceptors (Lipinski definition) is 5. The van der Waals surface area contributed by atoms with Crippen molar-refractivity contribution in [3.63, 3.8) is 0 Å².